The molecule has 1 saturated heterocycles. The molecule has 2 N–H and O–H groups in total. The SMILES string of the molecule is CCOC(=O)C1=C(CN2CCC[C@H](c3ccccc3)C2)NC(=O)N[C@@H]1c1cccc(OC)c1OC. The normalized spacial score (nSPS) is 20.6. The van der Waals surface area contributed by atoms with Gasteiger partial charge in [-0.3, -0.25) is 4.90 Å². The van der Waals surface area contributed by atoms with Gasteiger partial charge in [-0.25, -0.2) is 9.59 Å². The van der Waals surface area contributed by atoms with Crippen LogP contribution in [0.1, 0.15) is 42.9 Å². The van der Waals surface area contributed by atoms with Crippen LogP contribution in [-0.4, -0.2) is 57.4 Å². The Labute approximate surface area is 206 Å². The maximum Gasteiger partial charge on any atom is 0.338 e. The summed E-state index contributed by atoms with van der Waals surface area (Å²) in [5.41, 5.74) is 2.86. The van der Waals surface area contributed by atoms with Crippen molar-refractivity contribution in [2.75, 3.05) is 40.5 Å². The number of benzene rings is 2. The molecule has 0 bridgehead atoms. The fourth-order valence-electron chi connectivity index (χ4n) is 4.99. The molecule has 2 atom stereocenters. The molecule has 186 valence electrons. The Morgan fingerprint density at radius 2 is 1.89 bits per heavy atom. The number of piperidine rings is 1. The highest BCUT2D eigenvalue weighted by Crippen LogP contribution is 2.39. The number of amides is 2. The van der Waals surface area contributed by atoms with Crippen molar-refractivity contribution in [1.29, 1.82) is 0 Å². The third-order valence-corrected chi connectivity index (χ3v) is 6.55. The molecule has 4 rings (SSSR count). The van der Waals surface area contributed by atoms with Gasteiger partial charge in [0.05, 0.1) is 32.4 Å². The molecule has 2 aromatic carbocycles. The number of methoxy groups -OCH3 is 2. The van der Waals surface area contributed by atoms with Crippen LogP contribution in [0.5, 0.6) is 11.5 Å². The Hall–Kier alpha value is -3.52. The van der Waals surface area contributed by atoms with Crippen LogP contribution in [0.2, 0.25) is 0 Å². The van der Waals surface area contributed by atoms with Gasteiger partial charge in [0, 0.05) is 24.4 Å². The minimum Gasteiger partial charge on any atom is -0.493 e. The molecule has 0 aliphatic carbocycles. The molecule has 2 aromatic rings. The average Bonchev–Trinajstić information content (AvgIpc) is 2.88. The number of nitrogens with zero attached hydrogens (tertiary/aromatic N) is 1. The Kier molecular flexibility index (Phi) is 7.92. The van der Waals surface area contributed by atoms with Crippen LogP contribution < -0.4 is 20.1 Å². The van der Waals surface area contributed by atoms with Gasteiger partial charge in [0.15, 0.2) is 11.5 Å². The summed E-state index contributed by atoms with van der Waals surface area (Å²) in [5.74, 6) is 0.916. The molecule has 0 spiro atoms. The van der Waals surface area contributed by atoms with Gasteiger partial charge in [-0.15, -0.1) is 0 Å². The first-order chi connectivity index (χ1) is 17.0. The van der Waals surface area contributed by atoms with E-state index in [2.05, 4.69) is 39.8 Å². The van der Waals surface area contributed by atoms with E-state index in [4.69, 9.17) is 14.2 Å². The van der Waals surface area contributed by atoms with Crippen molar-refractivity contribution < 1.29 is 23.8 Å². The van der Waals surface area contributed by atoms with E-state index in [0.29, 0.717) is 40.8 Å². The number of hydrogen-bond donors (Lipinski definition) is 2. The molecule has 0 saturated carbocycles. The van der Waals surface area contributed by atoms with Crippen LogP contribution in [0, 0.1) is 0 Å². The van der Waals surface area contributed by atoms with E-state index in [1.54, 1.807) is 20.1 Å². The Bertz CT molecular complexity index is 1090. The maximum atomic E-state index is 13.2. The van der Waals surface area contributed by atoms with Gasteiger partial charge in [-0.1, -0.05) is 42.5 Å². The third-order valence-electron chi connectivity index (χ3n) is 6.55. The molecular weight excluding hydrogens is 446 g/mol. The average molecular weight is 480 g/mol. The van der Waals surface area contributed by atoms with E-state index in [1.165, 1.54) is 12.7 Å². The van der Waals surface area contributed by atoms with Gasteiger partial charge in [-0.2, -0.15) is 0 Å². The first-order valence-electron chi connectivity index (χ1n) is 12.0. The van der Waals surface area contributed by atoms with Crippen LogP contribution in [-0.2, 0) is 9.53 Å². The molecule has 0 radical (unpaired) electrons. The van der Waals surface area contributed by atoms with Crippen molar-refractivity contribution in [2.45, 2.75) is 31.7 Å². The molecule has 2 amide bonds. The lowest BCUT2D eigenvalue weighted by Gasteiger charge is -2.36. The molecular formula is C27H33N3O5. The van der Waals surface area contributed by atoms with Crippen molar-refractivity contribution in [3.8, 4) is 11.5 Å². The van der Waals surface area contributed by atoms with Crippen molar-refractivity contribution in [3.63, 3.8) is 0 Å². The van der Waals surface area contributed by atoms with Crippen molar-refractivity contribution in [3.05, 3.63) is 70.9 Å². The second-order valence-corrected chi connectivity index (χ2v) is 8.71. The van der Waals surface area contributed by atoms with Crippen LogP contribution in [0.3, 0.4) is 0 Å². The fourth-order valence-corrected chi connectivity index (χ4v) is 4.99. The highest BCUT2D eigenvalue weighted by Gasteiger charge is 2.37. The monoisotopic (exact) mass is 479 g/mol. The van der Waals surface area contributed by atoms with E-state index in [1.807, 2.05) is 18.2 Å². The van der Waals surface area contributed by atoms with Gasteiger partial charge < -0.3 is 24.8 Å². The third kappa shape index (κ3) is 5.43. The number of rotatable bonds is 8. The van der Waals surface area contributed by atoms with Gasteiger partial charge >= 0.3 is 12.0 Å². The Balaban J connectivity index is 1.70. The van der Waals surface area contributed by atoms with Crippen LogP contribution in [0.15, 0.2) is 59.8 Å². The molecule has 2 aliphatic heterocycles. The lowest BCUT2D eigenvalue weighted by molar-refractivity contribution is -0.139. The summed E-state index contributed by atoms with van der Waals surface area (Å²) in [6.07, 6.45) is 2.16. The molecule has 8 heteroatoms. The van der Waals surface area contributed by atoms with Gasteiger partial charge in [0.2, 0.25) is 0 Å². The molecule has 0 aromatic heterocycles. The van der Waals surface area contributed by atoms with Gasteiger partial charge in [0.25, 0.3) is 0 Å². The topological polar surface area (TPSA) is 89.1 Å². The smallest absolute Gasteiger partial charge is 0.338 e. The minimum atomic E-state index is -0.738. The number of esters is 1. The maximum absolute atomic E-state index is 13.2. The fraction of sp³-hybridized carbons (Fsp3) is 0.407. The van der Waals surface area contributed by atoms with E-state index < -0.39 is 12.0 Å². The first kappa shape index (κ1) is 24.6. The van der Waals surface area contributed by atoms with Crippen molar-refractivity contribution >= 4 is 12.0 Å². The second-order valence-electron chi connectivity index (χ2n) is 8.71. The van der Waals surface area contributed by atoms with Crippen molar-refractivity contribution in [2.24, 2.45) is 0 Å². The van der Waals surface area contributed by atoms with Crippen LogP contribution in [0.25, 0.3) is 0 Å². The predicted octanol–water partition coefficient (Wildman–Crippen LogP) is 3.75. The molecule has 0 unspecified atom stereocenters. The number of ether oxygens (including phenoxy) is 3. The number of urea groups is 1. The van der Waals surface area contributed by atoms with E-state index in [0.717, 1.165) is 25.9 Å². The summed E-state index contributed by atoms with van der Waals surface area (Å²) in [4.78, 5) is 28.3. The van der Waals surface area contributed by atoms with Crippen molar-refractivity contribution in [1.82, 2.24) is 15.5 Å². The summed E-state index contributed by atoms with van der Waals surface area (Å²) < 4.78 is 16.5. The lowest BCUT2D eigenvalue weighted by atomic mass is 9.90. The predicted molar refractivity (Wildman–Crippen MR) is 132 cm³/mol. The number of para-hydroxylation sites is 1. The zero-order chi connectivity index (χ0) is 24.8. The quantitative estimate of drug-likeness (QED) is 0.561. The minimum absolute atomic E-state index is 0.228. The van der Waals surface area contributed by atoms with E-state index in [9.17, 15) is 9.59 Å². The Morgan fingerprint density at radius 3 is 2.60 bits per heavy atom. The summed E-state index contributed by atoms with van der Waals surface area (Å²) in [7, 11) is 3.09. The number of hydrogen-bond acceptors (Lipinski definition) is 6. The number of likely N-dealkylation sites (tertiary alicyclic amines) is 1. The standard InChI is InChI=1S/C27H33N3O5/c1-4-35-26(31)23-21(17-30-15-9-12-19(16-30)18-10-6-5-7-11-18)28-27(32)29-24(23)20-13-8-14-22(33-2)25(20)34-3/h5-8,10-11,13-14,19,24H,4,9,12,15-17H2,1-3H3,(H2,28,29,32)/t19-,24+/m0/s1. The zero-order valence-electron chi connectivity index (χ0n) is 20.5. The van der Waals surface area contributed by atoms with E-state index in [-0.39, 0.29) is 12.6 Å². The van der Waals surface area contributed by atoms with Gasteiger partial charge in [0.1, 0.15) is 0 Å². The highest BCUT2D eigenvalue weighted by atomic mass is 16.5. The van der Waals surface area contributed by atoms with Gasteiger partial charge in [-0.05, 0) is 43.9 Å². The largest absolute Gasteiger partial charge is 0.493 e. The molecule has 35 heavy (non-hydrogen) atoms. The lowest BCUT2D eigenvalue weighted by Crippen LogP contribution is -2.49. The second kappa shape index (κ2) is 11.3. The number of carbonyl (C=O) groups is 2. The summed E-state index contributed by atoms with van der Waals surface area (Å²) in [6.45, 7) is 4.17. The molecule has 8 nitrogen and oxygen atoms in total. The zero-order valence-corrected chi connectivity index (χ0v) is 20.5. The summed E-state index contributed by atoms with van der Waals surface area (Å²) in [5, 5.41) is 5.78. The number of nitrogens with one attached hydrogen (secondary N) is 2. The first-order valence-corrected chi connectivity index (χ1v) is 12.0. The molecule has 2 heterocycles. The van der Waals surface area contributed by atoms with E-state index >= 15 is 0 Å². The number of carbonyl (C=O) groups excluding carboxylic acids is 2. The molecule has 2 aliphatic rings. The molecule has 1 fully saturated rings. The highest BCUT2D eigenvalue weighted by molar-refractivity contribution is 5.95. The summed E-state index contributed by atoms with van der Waals surface area (Å²) in [6, 6.07) is 14.8. The Morgan fingerprint density at radius 1 is 1.09 bits per heavy atom. The van der Waals surface area contributed by atoms with Crippen LogP contribution in [0.4, 0.5) is 4.79 Å². The van der Waals surface area contributed by atoms with Crippen LogP contribution >= 0.6 is 0 Å². The summed E-state index contributed by atoms with van der Waals surface area (Å²) >= 11 is 0.